The topological polar surface area (TPSA) is 52.0 Å². The molecule has 0 saturated heterocycles. The first-order chi connectivity index (χ1) is 6.58. The Morgan fingerprint density at radius 3 is 2.71 bits per heavy atom. The molecule has 0 fully saturated rings. The average molecular weight is 190 g/mol. The van der Waals surface area contributed by atoms with Gasteiger partial charge in [0, 0.05) is 0 Å². The zero-order valence-electron chi connectivity index (χ0n) is 8.66. The summed E-state index contributed by atoms with van der Waals surface area (Å²) < 4.78 is 5.58. The quantitative estimate of drug-likeness (QED) is 0.751. The Kier molecular flexibility index (Phi) is 2.04. The largest absolute Gasteiger partial charge is 0.439 e. The number of fused-ring (bicyclic) bond motifs is 1. The normalized spacial score (nSPS) is 13.4. The molecule has 14 heavy (non-hydrogen) atoms. The maximum Gasteiger partial charge on any atom is 0.212 e. The molecule has 1 aromatic carbocycles. The first kappa shape index (κ1) is 9.21. The van der Waals surface area contributed by atoms with Crippen LogP contribution >= 0.6 is 0 Å². The molecule has 0 aliphatic carbocycles. The third kappa shape index (κ3) is 1.40. The van der Waals surface area contributed by atoms with Gasteiger partial charge in [0.1, 0.15) is 5.52 Å². The second-order valence-electron chi connectivity index (χ2n) is 3.77. The summed E-state index contributed by atoms with van der Waals surface area (Å²) in [5, 5.41) is 0. The summed E-state index contributed by atoms with van der Waals surface area (Å²) in [6.07, 6.45) is 0. The van der Waals surface area contributed by atoms with Gasteiger partial charge >= 0.3 is 0 Å². The highest BCUT2D eigenvalue weighted by molar-refractivity contribution is 5.77. The van der Waals surface area contributed by atoms with E-state index in [-0.39, 0.29) is 6.04 Å². The van der Waals surface area contributed by atoms with Crippen molar-refractivity contribution >= 4 is 11.1 Å². The van der Waals surface area contributed by atoms with Crippen LogP contribution in [-0.4, -0.2) is 4.98 Å². The van der Waals surface area contributed by atoms with Gasteiger partial charge in [0.25, 0.3) is 0 Å². The first-order valence-corrected chi connectivity index (χ1v) is 4.71. The molecule has 0 radical (unpaired) electrons. The smallest absolute Gasteiger partial charge is 0.212 e. The minimum Gasteiger partial charge on any atom is -0.439 e. The van der Waals surface area contributed by atoms with Gasteiger partial charge in [0.15, 0.2) is 5.58 Å². The molecular weight excluding hydrogens is 176 g/mol. The molecule has 0 spiro atoms. The molecule has 0 bridgehead atoms. The lowest BCUT2D eigenvalue weighted by Gasteiger charge is -1.96. The van der Waals surface area contributed by atoms with Crippen molar-refractivity contribution < 1.29 is 4.42 Å². The number of benzene rings is 1. The van der Waals surface area contributed by atoms with Crippen LogP contribution in [0.3, 0.4) is 0 Å². The van der Waals surface area contributed by atoms with Crippen molar-refractivity contribution in [3.63, 3.8) is 0 Å². The van der Waals surface area contributed by atoms with Gasteiger partial charge in [-0.05, 0) is 38.0 Å². The molecule has 1 unspecified atom stereocenters. The van der Waals surface area contributed by atoms with Gasteiger partial charge < -0.3 is 10.2 Å². The molecule has 2 rings (SSSR count). The molecule has 1 aromatic heterocycles. The van der Waals surface area contributed by atoms with Gasteiger partial charge in [-0.3, -0.25) is 0 Å². The SMILES string of the molecule is Cc1cc(C)c2oc(C(C)N)nc2c1. The molecule has 3 nitrogen and oxygen atoms in total. The van der Waals surface area contributed by atoms with Crippen LogP contribution in [0.4, 0.5) is 0 Å². The van der Waals surface area contributed by atoms with E-state index < -0.39 is 0 Å². The van der Waals surface area contributed by atoms with E-state index in [1.165, 1.54) is 5.56 Å². The zero-order valence-corrected chi connectivity index (χ0v) is 8.66. The third-order valence-corrected chi connectivity index (χ3v) is 2.23. The highest BCUT2D eigenvalue weighted by Gasteiger charge is 2.11. The summed E-state index contributed by atoms with van der Waals surface area (Å²) in [5.74, 6) is 0.605. The molecule has 0 aliphatic rings. The maximum atomic E-state index is 5.71. The molecule has 74 valence electrons. The summed E-state index contributed by atoms with van der Waals surface area (Å²) in [5.41, 5.74) is 9.76. The van der Waals surface area contributed by atoms with Crippen LogP contribution in [0.1, 0.15) is 30.0 Å². The van der Waals surface area contributed by atoms with Crippen LogP contribution in [0, 0.1) is 13.8 Å². The molecule has 1 heterocycles. The van der Waals surface area contributed by atoms with E-state index in [9.17, 15) is 0 Å². The minimum atomic E-state index is -0.151. The predicted molar refractivity (Wildman–Crippen MR) is 56.1 cm³/mol. The van der Waals surface area contributed by atoms with E-state index in [4.69, 9.17) is 10.2 Å². The van der Waals surface area contributed by atoms with Crippen LogP contribution in [-0.2, 0) is 0 Å². The van der Waals surface area contributed by atoms with Crippen LogP contribution in [0.2, 0.25) is 0 Å². The van der Waals surface area contributed by atoms with Crippen LogP contribution in [0.15, 0.2) is 16.5 Å². The van der Waals surface area contributed by atoms with E-state index in [2.05, 4.69) is 11.1 Å². The lowest BCUT2D eigenvalue weighted by molar-refractivity contribution is 0.491. The molecule has 0 aliphatic heterocycles. The monoisotopic (exact) mass is 190 g/mol. The molecule has 3 heteroatoms. The Morgan fingerprint density at radius 1 is 1.36 bits per heavy atom. The number of hydrogen-bond acceptors (Lipinski definition) is 3. The van der Waals surface area contributed by atoms with Crippen molar-refractivity contribution in [3.8, 4) is 0 Å². The van der Waals surface area contributed by atoms with Gasteiger partial charge in [0.05, 0.1) is 6.04 Å². The number of oxazole rings is 1. The van der Waals surface area contributed by atoms with E-state index >= 15 is 0 Å². The lowest BCUT2D eigenvalue weighted by atomic mass is 10.1. The average Bonchev–Trinajstić information content (AvgIpc) is 2.47. The van der Waals surface area contributed by atoms with E-state index in [1.807, 2.05) is 26.8 Å². The molecule has 0 saturated carbocycles. The third-order valence-electron chi connectivity index (χ3n) is 2.23. The van der Waals surface area contributed by atoms with Crippen molar-refractivity contribution in [1.29, 1.82) is 0 Å². The van der Waals surface area contributed by atoms with E-state index in [0.29, 0.717) is 5.89 Å². The van der Waals surface area contributed by atoms with Crippen LogP contribution in [0.5, 0.6) is 0 Å². The molecule has 2 aromatic rings. The Hall–Kier alpha value is -1.35. The molecule has 1 atom stereocenters. The van der Waals surface area contributed by atoms with Crippen molar-refractivity contribution in [2.75, 3.05) is 0 Å². The highest BCUT2D eigenvalue weighted by Crippen LogP contribution is 2.23. The maximum absolute atomic E-state index is 5.71. The fourth-order valence-corrected chi connectivity index (χ4v) is 1.59. The van der Waals surface area contributed by atoms with Gasteiger partial charge in [-0.1, -0.05) is 6.07 Å². The summed E-state index contributed by atoms with van der Waals surface area (Å²) in [7, 11) is 0. The fourth-order valence-electron chi connectivity index (χ4n) is 1.59. The van der Waals surface area contributed by atoms with Crippen molar-refractivity contribution in [2.24, 2.45) is 5.73 Å². The number of aromatic nitrogens is 1. The van der Waals surface area contributed by atoms with E-state index in [1.54, 1.807) is 0 Å². The van der Waals surface area contributed by atoms with Gasteiger partial charge in [-0.2, -0.15) is 0 Å². The highest BCUT2D eigenvalue weighted by atomic mass is 16.3. The number of nitrogens with two attached hydrogens (primary N) is 1. The summed E-state index contributed by atoms with van der Waals surface area (Å²) in [6, 6.07) is 3.94. The Morgan fingerprint density at radius 2 is 2.07 bits per heavy atom. The second-order valence-corrected chi connectivity index (χ2v) is 3.77. The van der Waals surface area contributed by atoms with Crippen LogP contribution < -0.4 is 5.73 Å². The van der Waals surface area contributed by atoms with Crippen LogP contribution in [0.25, 0.3) is 11.1 Å². The van der Waals surface area contributed by atoms with E-state index in [0.717, 1.165) is 16.7 Å². The number of rotatable bonds is 1. The number of hydrogen-bond donors (Lipinski definition) is 1. The standard InChI is InChI=1S/C11H14N2O/c1-6-4-7(2)10-9(5-6)13-11(14-10)8(3)12/h4-5,8H,12H2,1-3H3. The molecule has 0 amide bonds. The minimum absolute atomic E-state index is 0.151. The fraction of sp³-hybridized carbons (Fsp3) is 0.364. The Balaban J connectivity index is 2.70. The van der Waals surface area contributed by atoms with Gasteiger partial charge in [-0.15, -0.1) is 0 Å². The lowest BCUT2D eigenvalue weighted by Crippen LogP contribution is -2.04. The van der Waals surface area contributed by atoms with Crippen molar-refractivity contribution in [1.82, 2.24) is 4.98 Å². The molecule has 2 N–H and O–H groups in total. The summed E-state index contributed by atoms with van der Waals surface area (Å²) >= 11 is 0. The first-order valence-electron chi connectivity index (χ1n) is 4.71. The van der Waals surface area contributed by atoms with Gasteiger partial charge in [0.2, 0.25) is 5.89 Å². The molecular formula is C11H14N2O. The summed E-state index contributed by atoms with van der Waals surface area (Å²) in [4.78, 5) is 4.34. The summed E-state index contributed by atoms with van der Waals surface area (Å²) in [6.45, 7) is 5.94. The zero-order chi connectivity index (χ0) is 10.3. The predicted octanol–water partition coefficient (Wildman–Crippen LogP) is 2.46. The van der Waals surface area contributed by atoms with Crippen molar-refractivity contribution in [3.05, 3.63) is 29.2 Å². The Labute approximate surface area is 82.9 Å². The Bertz CT molecular complexity index is 471. The number of aryl methyl sites for hydroxylation is 2. The number of nitrogens with zero attached hydrogens (tertiary/aromatic N) is 1. The van der Waals surface area contributed by atoms with Gasteiger partial charge in [-0.25, -0.2) is 4.98 Å². The van der Waals surface area contributed by atoms with Crippen molar-refractivity contribution in [2.45, 2.75) is 26.8 Å². The second kappa shape index (κ2) is 3.10.